The molecule has 136 valence electrons. The number of fused-ring (bicyclic) bond motifs is 1. The maximum atomic E-state index is 11.2. The van der Waals surface area contributed by atoms with Gasteiger partial charge < -0.3 is 20.1 Å². The molecule has 3 rings (SSSR count). The van der Waals surface area contributed by atoms with E-state index in [1.807, 2.05) is 42.4 Å². The number of aromatic amines is 1. The minimum atomic E-state index is -1.05. The summed E-state index contributed by atoms with van der Waals surface area (Å²) in [6.07, 6.45) is 1.82. The van der Waals surface area contributed by atoms with Crippen LogP contribution in [-0.4, -0.2) is 53.6 Å². The number of anilines is 2. The van der Waals surface area contributed by atoms with Gasteiger partial charge in [0.05, 0.1) is 12.1 Å². The number of likely N-dealkylation sites (N-methyl/N-ethyl adjacent to an activating group) is 1. The van der Waals surface area contributed by atoms with E-state index in [1.54, 1.807) is 13.2 Å². The molecule has 0 bridgehead atoms. The summed E-state index contributed by atoms with van der Waals surface area (Å²) in [5.41, 5.74) is 2.56. The van der Waals surface area contributed by atoms with Gasteiger partial charge in [0.15, 0.2) is 5.69 Å². The molecule has 8 nitrogen and oxygen atoms in total. The van der Waals surface area contributed by atoms with Gasteiger partial charge in [-0.3, -0.25) is 5.10 Å². The van der Waals surface area contributed by atoms with Gasteiger partial charge in [-0.15, -0.1) is 0 Å². The van der Waals surface area contributed by atoms with Crippen LogP contribution in [0.3, 0.4) is 0 Å². The molecule has 0 aliphatic heterocycles. The molecule has 0 aliphatic carbocycles. The normalized spacial score (nSPS) is 10.8. The molecule has 0 atom stereocenters. The number of hydrogen-bond donors (Lipinski definition) is 3. The van der Waals surface area contributed by atoms with Crippen LogP contribution < -0.4 is 10.2 Å². The van der Waals surface area contributed by atoms with Crippen LogP contribution in [0.4, 0.5) is 11.5 Å². The van der Waals surface area contributed by atoms with E-state index in [1.165, 1.54) is 0 Å². The van der Waals surface area contributed by atoms with E-state index in [2.05, 4.69) is 20.5 Å². The third-order valence-electron chi connectivity index (χ3n) is 4.09. The fourth-order valence-corrected chi connectivity index (χ4v) is 2.58. The first-order valence-corrected chi connectivity index (χ1v) is 8.19. The van der Waals surface area contributed by atoms with Crippen LogP contribution in [-0.2, 0) is 11.3 Å². The van der Waals surface area contributed by atoms with Crippen molar-refractivity contribution in [2.45, 2.75) is 6.54 Å². The molecular formula is C18H21N5O3. The van der Waals surface area contributed by atoms with Crippen molar-refractivity contribution in [3.63, 3.8) is 0 Å². The average Bonchev–Trinajstić information content (AvgIpc) is 3.08. The van der Waals surface area contributed by atoms with E-state index in [4.69, 9.17) is 4.74 Å². The predicted octanol–water partition coefficient (Wildman–Crippen LogP) is 2.35. The Balaban J connectivity index is 1.66. The Morgan fingerprint density at radius 3 is 2.88 bits per heavy atom. The topological polar surface area (TPSA) is 103 Å². The van der Waals surface area contributed by atoms with E-state index < -0.39 is 5.97 Å². The summed E-state index contributed by atoms with van der Waals surface area (Å²) in [5, 5.41) is 19.6. The zero-order chi connectivity index (χ0) is 18.5. The minimum absolute atomic E-state index is 0.0220. The first-order chi connectivity index (χ1) is 12.6. The van der Waals surface area contributed by atoms with Crippen molar-refractivity contribution in [3.05, 3.63) is 47.8 Å². The summed E-state index contributed by atoms with van der Waals surface area (Å²) in [5.74, 6) is -0.164. The summed E-state index contributed by atoms with van der Waals surface area (Å²) in [4.78, 5) is 17.7. The molecule has 3 aromatic rings. The number of ether oxygens (including phenoxy) is 1. The number of pyridine rings is 1. The largest absolute Gasteiger partial charge is 0.476 e. The zero-order valence-electron chi connectivity index (χ0n) is 14.7. The molecule has 0 saturated carbocycles. The summed E-state index contributed by atoms with van der Waals surface area (Å²) < 4.78 is 5.07. The second-order valence-corrected chi connectivity index (χ2v) is 5.93. The number of H-pyrrole nitrogens is 1. The highest BCUT2D eigenvalue weighted by Crippen LogP contribution is 2.21. The van der Waals surface area contributed by atoms with Crippen molar-refractivity contribution in [3.8, 4) is 0 Å². The summed E-state index contributed by atoms with van der Waals surface area (Å²) in [7, 11) is 3.65. The molecule has 2 aromatic heterocycles. The van der Waals surface area contributed by atoms with Crippen LogP contribution in [0, 0.1) is 0 Å². The van der Waals surface area contributed by atoms with Crippen LogP contribution in [0.5, 0.6) is 0 Å². The van der Waals surface area contributed by atoms with Gasteiger partial charge in [0, 0.05) is 44.5 Å². The van der Waals surface area contributed by atoms with Gasteiger partial charge in [-0.05, 0) is 29.8 Å². The highest BCUT2D eigenvalue weighted by molar-refractivity contribution is 6.01. The zero-order valence-corrected chi connectivity index (χ0v) is 14.7. The Hall–Kier alpha value is -3.13. The lowest BCUT2D eigenvalue weighted by atomic mass is 10.2. The minimum Gasteiger partial charge on any atom is -0.476 e. The van der Waals surface area contributed by atoms with Gasteiger partial charge in [-0.25, -0.2) is 9.78 Å². The van der Waals surface area contributed by atoms with Gasteiger partial charge in [-0.1, -0.05) is 6.07 Å². The Bertz CT molecular complexity index is 891. The molecule has 0 aliphatic rings. The number of rotatable bonds is 8. The standard InChI is InChI=1S/C18H21N5O3/c1-23(7-8-26-2)16-6-3-12(11-20-16)10-19-13-4-5-15-14(9-13)17(18(24)25)22-21-15/h3-6,9,11,19H,7-8,10H2,1-2H3,(H,21,22)(H,24,25). The fourth-order valence-electron chi connectivity index (χ4n) is 2.58. The van der Waals surface area contributed by atoms with Crippen molar-refractivity contribution in [1.29, 1.82) is 0 Å². The van der Waals surface area contributed by atoms with E-state index in [0.29, 0.717) is 24.1 Å². The number of methoxy groups -OCH3 is 1. The number of hydrogen-bond acceptors (Lipinski definition) is 6. The second kappa shape index (κ2) is 7.83. The maximum Gasteiger partial charge on any atom is 0.357 e. The average molecular weight is 355 g/mol. The number of benzene rings is 1. The third-order valence-corrected chi connectivity index (χ3v) is 4.09. The van der Waals surface area contributed by atoms with Crippen molar-refractivity contribution >= 4 is 28.4 Å². The van der Waals surface area contributed by atoms with E-state index in [-0.39, 0.29) is 5.69 Å². The molecule has 26 heavy (non-hydrogen) atoms. The quantitative estimate of drug-likeness (QED) is 0.570. The van der Waals surface area contributed by atoms with Crippen molar-refractivity contribution in [2.24, 2.45) is 0 Å². The van der Waals surface area contributed by atoms with Gasteiger partial charge >= 0.3 is 5.97 Å². The number of carbonyl (C=O) groups is 1. The number of aromatic carboxylic acids is 1. The SMILES string of the molecule is COCCN(C)c1ccc(CNc2ccc3[nH]nc(C(=O)O)c3c2)cn1. The lowest BCUT2D eigenvalue weighted by Gasteiger charge is -2.17. The molecule has 0 spiro atoms. The monoisotopic (exact) mass is 355 g/mol. The molecule has 0 radical (unpaired) electrons. The molecule has 0 amide bonds. The number of nitrogens with zero attached hydrogens (tertiary/aromatic N) is 3. The van der Waals surface area contributed by atoms with Crippen molar-refractivity contribution in [1.82, 2.24) is 15.2 Å². The van der Waals surface area contributed by atoms with Gasteiger partial charge in [-0.2, -0.15) is 5.10 Å². The number of nitrogens with one attached hydrogen (secondary N) is 2. The van der Waals surface area contributed by atoms with Crippen LogP contribution >= 0.6 is 0 Å². The third kappa shape index (κ3) is 3.92. The molecule has 0 unspecified atom stereocenters. The molecule has 3 N–H and O–H groups in total. The molecule has 8 heteroatoms. The first-order valence-electron chi connectivity index (χ1n) is 8.19. The highest BCUT2D eigenvalue weighted by Gasteiger charge is 2.12. The predicted molar refractivity (Wildman–Crippen MR) is 99.8 cm³/mol. The Morgan fingerprint density at radius 2 is 2.19 bits per heavy atom. The van der Waals surface area contributed by atoms with Crippen LogP contribution in [0.2, 0.25) is 0 Å². The highest BCUT2D eigenvalue weighted by atomic mass is 16.5. The summed E-state index contributed by atoms with van der Waals surface area (Å²) in [6, 6.07) is 9.45. The Morgan fingerprint density at radius 1 is 1.35 bits per heavy atom. The first kappa shape index (κ1) is 17.7. The Labute approximate surface area is 150 Å². The van der Waals surface area contributed by atoms with Gasteiger partial charge in [0.2, 0.25) is 0 Å². The summed E-state index contributed by atoms with van der Waals surface area (Å²) >= 11 is 0. The van der Waals surface area contributed by atoms with Gasteiger partial charge in [0.1, 0.15) is 5.82 Å². The van der Waals surface area contributed by atoms with Crippen LogP contribution in [0.1, 0.15) is 16.1 Å². The molecule has 0 saturated heterocycles. The van der Waals surface area contributed by atoms with Crippen molar-refractivity contribution < 1.29 is 14.6 Å². The summed E-state index contributed by atoms with van der Waals surface area (Å²) in [6.45, 7) is 2.01. The van der Waals surface area contributed by atoms with Crippen molar-refractivity contribution in [2.75, 3.05) is 37.5 Å². The van der Waals surface area contributed by atoms with Crippen LogP contribution in [0.15, 0.2) is 36.5 Å². The lowest BCUT2D eigenvalue weighted by Crippen LogP contribution is -2.22. The second-order valence-electron chi connectivity index (χ2n) is 5.93. The molecule has 2 heterocycles. The number of carboxylic acid groups (broad SMARTS) is 1. The van der Waals surface area contributed by atoms with E-state index in [0.717, 1.165) is 23.6 Å². The molecule has 0 fully saturated rings. The Kier molecular flexibility index (Phi) is 5.33. The van der Waals surface area contributed by atoms with Crippen LogP contribution in [0.25, 0.3) is 10.9 Å². The van der Waals surface area contributed by atoms with E-state index in [9.17, 15) is 9.90 Å². The molecular weight excluding hydrogens is 334 g/mol. The number of carboxylic acids is 1. The number of aromatic nitrogens is 3. The molecule has 1 aromatic carbocycles. The smallest absolute Gasteiger partial charge is 0.357 e. The fraction of sp³-hybridized carbons (Fsp3) is 0.278. The van der Waals surface area contributed by atoms with E-state index >= 15 is 0 Å². The maximum absolute atomic E-state index is 11.2. The van der Waals surface area contributed by atoms with Gasteiger partial charge in [0.25, 0.3) is 0 Å². The lowest BCUT2D eigenvalue weighted by molar-refractivity contribution is 0.0692.